The van der Waals surface area contributed by atoms with E-state index in [9.17, 15) is 0 Å². The molecular weight excluding hydrogens is 519 g/mol. The smallest absolute Gasteiger partial charge is 0.190 e. The fraction of sp³-hybridized carbons (Fsp3) is 0.500. The standard InChI is InChI=1S/C20H30N4O2S2.HI/c1-4-26-18-15-16(8-9-17(18)25-3)7-5-10-22-19(21-2)23-11-6-13-27-20-24-12-14-28-20;/h8-9,12,14-15H,4-7,10-11,13H2,1-3H3,(H2,21,22,23);1H. The Balaban J connectivity index is 0.00000420. The van der Waals surface area contributed by atoms with E-state index in [2.05, 4.69) is 32.7 Å². The van der Waals surface area contributed by atoms with Gasteiger partial charge in [-0.3, -0.25) is 4.99 Å². The summed E-state index contributed by atoms with van der Waals surface area (Å²) in [6.07, 6.45) is 4.90. The number of hydrogen-bond donors (Lipinski definition) is 2. The first-order valence-corrected chi connectivity index (χ1v) is 11.4. The fourth-order valence-electron chi connectivity index (χ4n) is 2.58. The van der Waals surface area contributed by atoms with Crippen LogP contribution in [-0.4, -0.2) is 50.6 Å². The fourth-order valence-corrected chi connectivity index (χ4v) is 4.23. The summed E-state index contributed by atoms with van der Waals surface area (Å²) < 4.78 is 12.1. The van der Waals surface area contributed by atoms with Crippen molar-refractivity contribution in [2.24, 2.45) is 4.99 Å². The zero-order valence-corrected chi connectivity index (χ0v) is 21.2. The molecule has 0 unspecified atom stereocenters. The van der Waals surface area contributed by atoms with Gasteiger partial charge in [-0.2, -0.15) is 0 Å². The van der Waals surface area contributed by atoms with Crippen molar-refractivity contribution in [1.82, 2.24) is 15.6 Å². The van der Waals surface area contributed by atoms with Crippen LogP contribution in [0.2, 0.25) is 0 Å². The number of rotatable bonds is 12. The van der Waals surface area contributed by atoms with E-state index >= 15 is 0 Å². The van der Waals surface area contributed by atoms with Gasteiger partial charge in [0.15, 0.2) is 17.5 Å². The quantitative estimate of drug-likeness (QED) is 0.134. The summed E-state index contributed by atoms with van der Waals surface area (Å²) in [5.41, 5.74) is 1.24. The first kappa shape index (κ1) is 25.8. The molecule has 0 fully saturated rings. The maximum atomic E-state index is 5.64. The van der Waals surface area contributed by atoms with E-state index in [0.717, 1.165) is 59.9 Å². The van der Waals surface area contributed by atoms with E-state index in [4.69, 9.17) is 9.47 Å². The van der Waals surface area contributed by atoms with Crippen LogP contribution in [0.4, 0.5) is 0 Å². The number of aliphatic imine (C=N–C) groups is 1. The van der Waals surface area contributed by atoms with E-state index in [0.29, 0.717) is 6.61 Å². The molecule has 162 valence electrons. The van der Waals surface area contributed by atoms with E-state index in [1.165, 1.54) is 5.56 Å². The first-order valence-electron chi connectivity index (χ1n) is 9.53. The number of thiazole rings is 1. The van der Waals surface area contributed by atoms with Crippen LogP contribution in [0.5, 0.6) is 11.5 Å². The van der Waals surface area contributed by atoms with E-state index < -0.39 is 0 Å². The zero-order valence-electron chi connectivity index (χ0n) is 17.3. The van der Waals surface area contributed by atoms with Gasteiger partial charge >= 0.3 is 0 Å². The highest BCUT2D eigenvalue weighted by atomic mass is 127. The topological polar surface area (TPSA) is 67.8 Å². The highest BCUT2D eigenvalue weighted by Gasteiger charge is 2.05. The summed E-state index contributed by atoms with van der Waals surface area (Å²) >= 11 is 3.49. The normalized spacial score (nSPS) is 10.9. The number of thioether (sulfide) groups is 1. The van der Waals surface area contributed by atoms with Gasteiger partial charge in [-0.05, 0) is 43.9 Å². The lowest BCUT2D eigenvalue weighted by Crippen LogP contribution is -2.38. The van der Waals surface area contributed by atoms with Crippen LogP contribution >= 0.6 is 47.1 Å². The molecule has 29 heavy (non-hydrogen) atoms. The van der Waals surface area contributed by atoms with Gasteiger partial charge in [0.1, 0.15) is 4.34 Å². The third kappa shape index (κ3) is 9.90. The van der Waals surface area contributed by atoms with Gasteiger partial charge in [0.05, 0.1) is 13.7 Å². The summed E-state index contributed by atoms with van der Waals surface area (Å²) in [5.74, 6) is 3.49. The molecule has 1 aromatic heterocycles. The molecule has 2 rings (SSSR count). The van der Waals surface area contributed by atoms with Crippen molar-refractivity contribution in [3.05, 3.63) is 35.3 Å². The Bertz CT molecular complexity index is 715. The zero-order chi connectivity index (χ0) is 20.0. The number of methoxy groups -OCH3 is 1. The van der Waals surface area contributed by atoms with Gasteiger partial charge in [-0.1, -0.05) is 17.8 Å². The molecule has 0 atom stereocenters. The number of nitrogens with zero attached hydrogens (tertiary/aromatic N) is 2. The Morgan fingerprint density at radius 1 is 1.21 bits per heavy atom. The lowest BCUT2D eigenvalue weighted by atomic mass is 10.1. The van der Waals surface area contributed by atoms with Crippen molar-refractivity contribution in [2.75, 3.05) is 39.6 Å². The molecule has 0 saturated heterocycles. The summed E-state index contributed by atoms with van der Waals surface area (Å²) in [4.78, 5) is 8.56. The Labute approximate surface area is 199 Å². The van der Waals surface area contributed by atoms with Gasteiger partial charge in [0, 0.05) is 37.5 Å². The Morgan fingerprint density at radius 2 is 2.00 bits per heavy atom. The van der Waals surface area contributed by atoms with Gasteiger partial charge in [-0.15, -0.1) is 35.3 Å². The molecule has 2 aromatic rings. The average molecular weight is 551 g/mol. The lowest BCUT2D eigenvalue weighted by molar-refractivity contribution is 0.310. The van der Waals surface area contributed by atoms with Crippen molar-refractivity contribution < 1.29 is 9.47 Å². The molecule has 0 radical (unpaired) electrons. The number of hydrogen-bond acceptors (Lipinski definition) is 6. The van der Waals surface area contributed by atoms with Crippen molar-refractivity contribution in [3.8, 4) is 11.5 Å². The van der Waals surface area contributed by atoms with Crippen LogP contribution in [0.1, 0.15) is 25.3 Å². The number of aryl methyl sites for hydroxylation is 1. The molecule has 0 amide bonds. The number of aromatic nitrogens is 1. The minimum atomic E-state index is 0. The Morgan fingerprint density at radius 3 is 2.66 bits per heavy atom. The highest BCUT2D eigenvalue weighted by molar-refractivity contribution is 14.0. The van der Waals surface area contributed by atoms with Crippen LogP contribution in [-0.2, 0) is 6.42 Å². The predicted octanol–water partition coefficient (Wildman–Crippen LogP) is 4.45. The Kier molecular flexibility index (Phi) is 13.9. The van der Waals surface area contributed by atoms with Crippen LogP contribution < -0.4 is 20.1 Å². The third-order valence-electron chi connectivity index (χ3n) is 3.93. The molecule has 6 nitrogen and oxygen atoms in total. The van der Waals surface area contributed by atoms with Gasteiger partial charge < -0.3 is 20.1 Å². The number of nitrogens with one attached hydrogen (secondary N) is 2. The second-order valence-corrected chi connectivity index (χ2v) is 8.18. The maximum Gasteiger partial charge on any atom is 0.190 e. The van der Waals surface area contributed by atoms with E-state index in [-0.39, 0.29) is 24.0 Å². The van der Waals surface area contributed by atoms with Crippen molar-refractivity contribution in [1.29, 1.82) is 0 Å². The summed E-state index contributed by atoms with van der Waals surface area (Å²) in [6.45, 7) is 4.37. The molecule has 2 N–H and O–H groups in total. The van der Waals surface area contributed by atoms with Crippen LogP contribution in [0, 0.1) is 0 Å². The lowest BCUT2D eigenvalue weighted by Gasteiger charge is -2.13. The summed E-state index contributed by atoms with van der Waals surface area (Å²) in [5, 5.41) is 8.74. The number of benzene rings is 1. The average Bonchev–Trinajstić information content (AvgIpc) is 3.23. The van der Waals surface area contributed by atoms with Gasteiger partial charge in [0.2, 0.25) is 0 Å². The molecule has 0 aliphatic heterocycles. The van der Waals surface area contributed by atoms with Crippen LogP contribution in [0.3, 0.4) is 0 Å². The van der Waals surface area contributed by atoms with Crippen molar-refractivity contribution in [2.45, 2.75) is 30.5 Å². The number of ether oxygens (including phenoxy) is 2. The van der Waals surface area contributed by atoms with Gasteiger partial charge in [-0.25, -0.2) is 4.98 Å². The van der Waals surface area contributed by atoms with Crippen LogP contribution in [0.15, 0.2) is 39.1 Å². The molecule has 0 aliphatic carbocycles. The molecule has 9 heteroatoms. The SMILES string of the molecule is CCOc1cc(CCCNC(=NC)NCCCSc2nccs2)ccc1OC.I. The second-order valence-electron chi connectivity index (χ2n) is 5.95. The van der Waals surface area contributed by atoms with Crippen molar-refractivity contribution in [3.63, 3.8) is 0 Å². The third-order valence-corrected chi connectivity index (χ3v) is 5.99. The van der Waals surface area contributed by atoms with Gasteiger partial charge in [0.25, 0.3) is 0 Å². The summed E-state index contributed by atoms with van der Waals surface area (Å²) in [7, 11) is 3.47. The first-order chi connectivity index (χ1) is 13.8. The molecule has 1 heterocycles. The second kappa shape index (κ2) is 15.6. The highest BCUT2D eigenvalue weighted by Crippen LogP contribution is 2.28. The molecule has 0 aliphatic rings. The van der Waals surface area contributed by atoms with E-state index in [1.807, 2.05) is 24.6 Å². The molecule has 0 spiro atoms. The Hall–Kier alpha value is -1.20. The molecular formula is C20H31IN4O2S2. The van der Waals surface area contributed by atoms with E-state index in [1.54, 1.807) is 37.3 Å². The summed E-state index contributed by atoms with van der Waals surface area (Å²) in [6, 6.07) is 6.13. The molecule has 0 saturated carbocycles. The molecule has 0 bridgehead atoms. The predicted molar refractivity (Wildman–Crippen MR) is 135 cm³/mol. The number of guanidine groups is 1. The minimum absolute atomic E-state index is 0. The minimum Gasteiger partial charge on any atom is -0.493 e. The molecule has 1 aromatic carbocycles. The van der Waals surface area contributed by atoms with Crippen molar-refractivity contribution >= 4 is 53.0 Å². The number of halogens is 1. The monoisotopic (exact) mass is 550 g/mol. The maximum absolute atomic E-state index is 5.64. The largest absolute Gasteiger partial charge is 0.493 e. The van der Waals surface area contributed by atoms with Crippen LogP contribution in [0.25, 0.3) is 0 Å².